The number of nitrogens with two attached hydrogens (primary N) is 1. The van der Waals surface area contributed by atoms with E-state index in [4.69, 9.17) is 5.73 Å². The Labute approximate surface area is 115 Å². The van der Waals surface area contributed by atoms with E-state index in [1.807, 2.05) is 4.90 Å². The van der Waals surface area contributed by atoms with Gasteiger partial charge in [-0.2, -0.15) is 0 Å². The van der Waals surface area contributed by atoms with Crippen molar-refractivity contribution in [2.45, 2.75) is 38.5 Å². The van der Waals surface area contributed by atoms with Crippen LogP contribution in [0.3, 0.4) is 0 Å². The van der Waals surface area contributed by atoms with Gasteiger partial charge in [0, 0.05) is 32.6 Å². The molecular formula is C14H25N3O2. The van der Waals surface area contributed by atoms with E-state index in [0.29, 0.717) is 38.5 Å². The van der Waals surface area contributed by atoms with Crippen LogP contribution in [0, 0.1) is 5.92 Å². The van der Waals surface area contributed by atoms with Crippen molar-refractivity contribution >= 4 is 11.8 Å². The molecule has 0 aromatic carbocycles. The summed E-state index contributed by atoms with van der Waals surface area (Å²) in [5.41, 5.74) is 5.35. The van der Waals surface area contributed by atoms with Crippen molar-refractivity contribution in [3.8, 4) is 0 Å². The molecule has 0 bridgehead atoms. The zero-order valence-corrected chi connectivity index (χ0v) is 11.6. The Bertz CT molecular complexity index is 319. The molecule has 108 valence electrons. The summed E-state index contributed by atoms with van der Waals surface area (Å²) in [7, 11) is 0. The van der Waals surface area contributed by atoms with Gasteiger partial charge in [0.2, 0.25) is 11.8 Å². The van der Waals surface area contributed by atoms with E-state index in [9.17, 15) is 9.59 Å². The Morgan fingerprint density at radius 1 is 0.895 bits per heavy atom. The molecule has 2 amide bonds. The first kappa shape index (κ1) is 14.3. The summed E-state index contributed by atoms with van der Waals surface area (Å²) in [6.07, 6.45) is 6.98. The molecule has 2 rings (SSSR count). The van der Waals surface area contributed by atoms with Crippen molar-refractivity contribution in [1.29, 1.82) is 0 Å². The number of carbonyl (C=O) groups is 2. The summed E-state index contributed by atoms with van der Waals surface area (Å²) in [6, 6.07) is 0. The molecule has 0 spiro atoms. The molecule has 5 nitrogen and oxygen atoms in total. The zero-order chi connectivity index (χ0) is 13.7. The lowest BCUT2D eigenvalue weighted by atomic mass is 9.86. The maximum atomic E-state index is 12.2. The number of carbonyl (C=O) groups excluding carboxylic acids is 2. The Morgan fingerprint density at radius 3 is 1.95 bits per heavy atom. The van der Waals surface area contributed by atoms with Crippen LogP contribution in [0.2, 0.25) is 0 Å². The van der Waals surface area contributed by atoms with Crippen LogP contribution in [0.5, 0.6) is 0 Å². The third kappa shape index (κ3) is 3.93. The molecule has 1 aliphatic heterocycles. The van der Waals surface area contributed by atoms with E-state index < -0.39 is 0 Å². The maximum absolute atomic E-state index is 12.2. The lowest BCUT2D eigenvalue weighted by Gasteiger charge is -2.35. The van der Waals surface area contributed by atoms with Gasteiger partial charge in [0.1, 0.15) is 0 Å². The van der Waals surface area contributed by atoms with Crippen molar-refractivity contribution in [2.75, 3.05) is 32.7 Å². The number of hydrogen-bond acceptors (Lipinski definition) is 3. The van der Waals surface area contributed by atoms with Crippen LogP contribution >= 0.6 is 0 Å². The second kappa shape index (κ2) is 6.89. The first-order valence-corrected chi connectivity index (χ1v) is 7.46. The van der Waals surface area contributed by atoms with Crippen molar-refractivity contribution < 1.29 is 9.59 Å². The van der Waals surface area contributed by atoms with Gasteiger partial charge in [-0.05, 0) is 18.8 Å². The normalized spacial score (nSPS) is 21.5. The fourth-order valence-corrected chi connectivity index (χ4v) is 3.10. The Hall–Kier alpha value is -1.10. The van der Waals surface area contributed by atoms with E-state index >= 15 is 0 Å². The largest absolute Gasteiger partial charge is 0.339 e. The van der Waals surface area contributed by atoms with Crippen LogP contribution < -0.4 is 5.73 Å². The topological polar surface area (TPSA) is 66.6 Å². The fourth-order valence-electron chi connectivity index (χ4n) is 3.10. The predicted molar refractivity (Wildman–Crippen MR) is 73.4 cm³/mol. The number of piperazine rings is 1. The summed E-state index contributed by atoms with van der Waals surface area (Å²) >= 11 is 0. The molecule has 0 unspecified atom stereocenters. The van der Waals surface area contributed by atoms with Crippen LogP contribution in [0.4, 0.5) is 0 Å². The standard InChI is InChI=1S/C14H25N3O2/c15-11-14(19)17-8-6-16(7-9-17)13(18)10-12-4-2-1-3-5-12/h12H,1-11,15H2. The second-order valence-corrected chi connectivity index (χ2v) is 5.67. The highest BCUT2D eigenvalue weighted by Crippen LogP contribution is 2.26. The summed E-state index contributed by atoms with van der Waals surface area (Å²) in [5, 5.41) is 0. The van der Waals surface area contributed by atoms with E-state index in [2.05, 4.69) is 0 Å². The molecule has 5 heteroatoms. The van der Waals surface area contributed by atoms with Gasteiger partial charge in [0.15, 0.2) is 0 Å². The second-order valence-electron chi connectivity index (χ2n) is 5.67. The zero-order valence-electron chi connectivity index (χ0n) is 11.6. The molecule has 1 heterocycles. The first-order valence-electron chi connectivity index (χ1n) is 7.46. The highest BCUT2D eigenvalue weighted by Gasteiger charge is 2.25. The molecule has 0 radical (unpaired) electrons. The van der Waals surface area contributed by atoms with Gasteiger partial charge < -0.3 is 15.5 Å². The van der Waals surface area contributed by atoms with Crippen LogP contribution in [-0.4, -0.2) is 54.3 Å². The van der Waals surface area contributed by atoms with E-state index in [1.165, 1.54) is 32.1 Å². The van der Waals surface area contributed by atoms with Crippen molar-refractivity contribution in [2.24, 2.45) is 11.7 Å². The van der Waals surface area contributed by atoms with Crippen LogP contribution in [0.25, 0.3) is 0 Å². The lowest BCUT2D eigenvalue weighted by molar-refractivity contribution is -0.139. The third-order valence-electron chi connectivity index (χ3n) is 4.35. The Kier molecular flexibility index (Phi) is 5.19. The minimum atomic E-state index is -0.0145. The quantitative estimate of drug-likeness (QED) is 0.813. The summed E-state index contributed by atoms with van der Waals surface area (Å²) in [4.78, 5) is 27.3. The third-order valence-corrected chi connectivity index (χ3v) is 4.35. The van der Waals surface area contributed by atoms with E-state index in [-0.39, 0.29) is 18.4 Å². The van der Waals surface area contributed by atoms with Gasteiger partial charge in [0.25, 0.3) is 0 Å². The van der Waals surface area contributed by atoms with Gasteiger partial charge in [-0.25, -0.2) is 0 Å². The molecular weight excluding hydrogens is 242 g/mol. The van der Waals surface area contributed by atoms with Crippen LogP contribution in [0.1, 0.15) is 38.5 Å². The molecule has 2 N–H and O–H groups in total. The average molecular weight is 267 g/mol. The number of rotatable bonds is 3. The maximum Gasteiger partial charge on any atom is 0.236 e. The highest BCUT2D eigenvalue weighted by atomic mass is 16.2. The number of amides is 2. The summed E-state index contributed by atoms with van der Waals surface area (Å²) in [6.45, 7) is 2.66. The number of nitrogens with zero attached hydrogens (tertiary/aromatic N) is 2. The van der Waals surface area contributed by atoms with Gasteiger partial charge in [-0.3, -0.25) is 9.59 Å². The summed E-state index contributed by atoms with van der Waals surface area (Å²) < 4.78 is 0. The summed E-state index contributed by atoms with van der Waals surface area (Å²) in [5.74, 6) is 0.844. The van der Waals surface area contributed by atoms with E-state index in [1.54, 1.807) is 4.90 Å². The fraction of sp³-hybridized carbons (Fsp3) is 0.857. The smallest absolute Gasteiger partial charge is 0.236 e. The molecule has 0 aromatic heterocycles. The highest BCUT2D eigenvalue weighted by molar-refractivity contribution is 5.79. The minimum Gasteiger partial charge on any atom is -0.339 e. The molecule has 1 saturated heterocycles. The molecule has 2 fully saturated rings. The van der Waals surface area contributed by atoms with Crippen LogP contribution in [-0.2, 0) is 9.59 Å². The van der Waals surface area contributed by atoms with Crippen molar-refractivity contribution in [3.05, 3.63) is 0 Å². The Balaban J connectivity index is 1.74. The van der Waals surface area contributed by atoms with Gasteiger partial charge >= 0.3 is 0 Å². The molecule has 2 aliphatic rings. The lowest BCUT2D eigenvalue weighted by Crippen LogP contribution is -2.52. The Morgan fingerprint density at radius 2 is 1.42 bits per heavy atom. The van der Waals surface area contributed by atoms with Gasteiger partial charge in [-0.1, -0.05) is 19.3 Å². The monoisotopic (exact) mass is 267 g/mol. The van der Waals surface area contributed by atoms with Gasteiger partial charge in [0.05, 0.1) is 6.54 Å². The molecule has 1 aliphatic carbocycles. The van der Waals surface area contributed by atoms with Crippen molar-refractivity contribution in [1.82, 2.24) is 9.80 Å². The average Bonchev–Trinajstić information content (AvgIpc) is 2.47. The molecule has 19 heavy (non-hydrogen) atoms. The van der Waals surface area contributed by atoms with E-state index in [0.717, 1.165) is 0 Å². The SMILES string of the molecule is NCC(=O)N1CCN(C(=O)CC2CCCCC2)CC1. The minimum absolute atomic E-state index is 0.0145. The predicted octanol–water partition coefficient (Wildman–Crippen LogP) is 0.586. The first-order chi connectivity index (χ1) is 9.20. The number of hydrogen-bond donors (Lipinski definition) is 1. The van der Waals surface area contributed by atoms with Crippen LogP contribution in [0.15, 0.2) is 0 Å². The molecule has 1 saturated carbocycles. The molecule has 0 aromatic rings. The van der Waals surface area contributed by atoms with Crippen molar-refractivity contribution in [3.63, 3.8) is 0 Å². The molecule has 0 atom stereocenters. The van der Waals surface area contributed by atoms with Gasteiger partial charge in [-0.15, -0.1) is 0 Å².